The summed E-state index contributed by atoms with van der Waals surface area (Å²) in [5.41, 5.74) is 0.938. The molecule has 8 nitrogen and oxygen atoms in total. The van der Waals surface area contributed by atoms with Crippen molar-refractivity contribution in [3.8, 4) is 0 Å². The largest absolute Gasteiger partial charge is 0.467 e. The summed E-state index contributed by atoms with van der Waals surface area (Å²) in [4.78, 5) is 23.9. The van der Waals surface area contributed by atoms with Gasteiger partial charge in [-0.05, 0) is 16.0 Å². The third kappa shape index (κ3) is 5.06. The monoisotopic (exact) mass is 335 g/mol. The van der Waals surface area contributed by atoms with Crippen molar-refractivity contribution >= 4 is 23.6 Å². The molecule has 1 aromatic heterocycles. The van der Waals surface area contributed by atoms with E-state index in [1.807, 2.05) is 30.3 Å². The van der Waals surface area contributed by atoms with E-state index in [1.54, 1.807) is 7.05 Å². The number of nitrogens with zero attached hydrogens (tertiary/aromatic N) is 4. The lowest BCUT2D eigenvalue weighted by Crippen LogP contribution is -2.43. The second-order valence-electron chi connectivity index (χ2n) is 4.71. The van der Waals surface area contributed by atoms with Gasteiger partial charge in [-0.15, -0.1) is 5.10 Å². The Hall–Kier alpha value is -2.42. The zero-order chi connectivity index (χ0) is 16.7. The molecule has 0 saturated heterocycles. The topological polar surface area (TPSA) is 99.0 Å². The molecule has 0 bridgehead atoms. The van der Waals surface area contributed by atoms with Gasteiger partial charge in [0.2, 0.25) is 11.1 Å². The lowest BCUT2D eigenvalue weighted by Gasteiger charge is -2.16. The van der Waals surface area contributed by atoms with Gasteiger partial charge < -0.3 is 10.1 Å². The van der Waals surface area contributed by atoms with E-state index < -0.39 is 12.0 Å². The fourth-order valence-corrected chi connectivity index (χ4v) is 2.56. The van der Waals surface area contributed by atoms with Crippen LogP contribution in [0.15, 0.2) is 35.5 Å². The highest BCUT2D eigenvalue weighted by Crippen LogP contribution is 2.12. The average molecular weight is 335 g/mol. The standard InChI is InChI=1S/C14H17N5O3S/c1-19-14(16-17-18-19)23-9-12(20)15-11(13(21)22-2)8-10-6-4-3-5-7-10/h3-7,11H,8-9H2,1-2H3,(H,15,20)/t11-/m0/s1. The van der Waals surface area contributed by atoms with Crippen molar-refractivity contribution in [2.75, 3.05) is 12.9 Å². The Morgan fingerprint density at radius 1 is 1.35 bits per heavy atom. The number of carbonyl (C=O) groups is 2. The second kappa shape index (κ2) is 8.28. The summed E-state index contributed by atoms with van der Waals surface area (Å²) in [6.07, 6.45) is 0.370. The maximum atomic E-state index is 12.1. The molecule has 1 heterocycles. The van der Waals surface area contributed by atoms with Crippen molar-refractivity contribution in [3.63, 3.8) is 0 Å². The van der Waals surface area contributed by atoms with Gasteiger partial charge in [0.05, 0.1) is 12.9 Å². The molecular formula is C14H17N5O3S. The van der Waals surface area contributed by atoms with E-state index in [0.717, 1.165) is 5.56 Å². The van der Waals surface area contributed by atoms with Crippen LogP contribution in [0, 0.1) is 0 Å². The Morgan fingerprint density at radius 2 is 2.09 bits per heavy atom. The highest BCUT2D eigenvalue weighted by Gasteiger charge is 2.22. The molecule has 0 fully saturated rings. The van der Waals surface area contributed by atoms with Crippen LogP contribution in [0.5, 0.6) is 0 Å². The van der Waals surface area contributed by atoms with Crippen molar-refractivity contribution in [1.82, 2.24) is 25.5 Å². The summed E-state index contributed by atoms with van der Waals surface area (Å²) in [7, 11) is 2.99. The first-order valence-electron chi connectivity index (χ1n) is 6.86. The number of methoxy groups -OCH3 is 1. The van der Waals surface area contributed by atoms with E-state index in [-0.39, 0.29) is 11.7 Å². The zero-order valence-corrected chi connectivity index (χ0v) is 13.6. The molecule has 1 atom stereocenters. The molecule has 0 spiro atoms. The number of benzene rings is 1. The molecule has 0 aliphatic heterocycles. The number of hydrogen-bond acceptors (Lipinski definition) is 7. The fraction of sp³-hybridized carbons (Fsp3) is 0.357. The van der Waals surface area contributed by atoms with Gasteiger partial charge >= 0.3 is 5.97 Å². The summed E-state index contributed by atoms with van der Waals surface area (Å²) < 4.78 is 6.23. The smallest absolute Gasteiger partial charge is 0.328 e. The van der Waals surface area contributed by atoms with Crippen molar-refractivity contribution in [2.24, 2.45) is 7.05 Å². The zero-order valence-electron chi connectivity index (χ0n) is 12.8. The van der Waals surface area contributed by atoms with Crippen LogP contribution in [0.2, 0.25) is 0 Å². The molecule has 2 aromatic rings. The summed E-state index contributed by atoms with van der Waals surface area (Å²) in [6, 6.07) is 8.70. The molecule has 1 amide bonds. The predicted octanol–water partition coefficient (Wildman–Crippen LogP) is 0.203. The highest BCUT2D eigenvalue weighted by atomic mass is 32.2. The van der Waals surface area contributed by atoms with Gasteiger partial charge in [-0.3, -0.25) is 4.79 Å². The van der Waals surface area contributed by atoms with Crippen LogP contribution in [0.1, 0.15) is 5.56 Å². The molecule has 0 unspecified atom stereocenters. The quantitative estimate of drug-likeness (QED) is 0.570. The van der Waals surface area contributed by atoms with Crippen LogP contribution in [0.3, 0.4) is 0 Å². The van der Waals surface area contributed by atoms with Crippen molar-refractivity contribution in [1.29, 1.82) is 0 Å². The highest BCUT2D eigenvalue weighted by molar-refractivity contribution is 7.99. The number of aromatic nitrogens is 4. The Morgan fingerprint density at radius 3 is 2.70 bits per heavy atom. The number of aryl methyl sites for hydroxylation is 1. The number of carbonyl (C=O) groups excluding carboxylic acids is 2. The van der Waals surface area contributed by atoms with E-state index >= 15 is 0 Å². The molecule has 0 aliphatic rings. The SMILES string of the molecule is COC(=O)[C@H](Cc1ccccc1)NC(=O)CSc1nnnn1C. The lowest BCUT2D eigenvalue weighted by molar-refractivity contribution is -0.144. The summed E-state index contributed by atoms with van der Waals surface area (Å²) in [5.74, 6) is -0.659. The number of esters is 1. The Kier molecular flexibility index (Phi) is 6.10. The number of rotatable bonds is 7. The van der Waals surface area contributed by atoms with E-state index in [1.165, 1.54) is 23.6 Å². The summed E-state index contributed by atoms with van der Waals surface area (Å²) in [6.45, 7) is 0. The first-order chi connectivity index (χ1) is 11.1. The van der Waals surface area contributed by atoms with E-state index in [9.17, 15) is 9.59 Å². The van der Waals surface area contributed by atoms with Crippen molar-refractivity contribution < 1.29 is 14.3 Å². The minimum Gasteiger partial charge on any atom is -0.467 e. The fourth-order valence-electron chi connectivity index (χ4n) is 1.89. The molecule has 0 saturated carbocycles. The number of amides is 1. The number of thioether (sulfide) groups is 1. The first-order valence-corrected chi connectivity index (χ1v) is 7.85. The van der Waals surface area contributed by atoms with E-state index in [0.29, 0.717) is 11.6 Å². The van der Waals surface area contributed by atoms with Crippen molar-refractivity contribution in [2.45, 2.75) is 17.6 Å². The molecule has 9 heteroatoms. The normalized spacial score (nSPS) is 11.7. The molecular weight excluding hydrogens is 318 g/mol. The molecule has 0 radical (unpaired) electrons. The Labute approximate surface area is 137 Å². The maximum absolute atomic E-state index is 12.1. The molecule has 122 valence electrons. The van der Waals surface area contributed by atoms with Crippen LogP contribution in [0.4, 0.5) is 0 Å². The maximum Gasteiger partial charge on any atom is 0.328 e. The number of hydrogen-bond donors (Lipinski definition) is 1. The molecule has 1 N–H and O–H groups in total. The average Bonchev–Trinajstić information content (AvgIpc) is 2.97. The predicted molar refractivity (Wildman–Crippen MR) is 83.6 cm³/mol. The number of nitrogens with one attached hydrogen (secondary N) is 1. The van der Waals surface area contributed by atoms with Gasteiger partial charge in [-0.25, -0.2) is 9.48 Å². The van der Waals surface area contributed by atoms with Crippen molar-refractivity contribution in [3.05, 3.63) is 35.9 Å². The van der Waals surface area contributed by atoms with Crippen LogP contribution >= 0.6 is 11.8 Å². The van der Waals surface area contributed by atoms with Crippen LogP contribution in [-0.2, 0) is 27.8 Å². The van der Waals surface area contributed by atoms with Gasteiger partial charge in [0.15, 0.2) is 0 Å². The third-order valence-corrected chi connectivity index (χ3v) is 4.03. The van der Waals surface area contributed by atoms with Gasteiger partial charge in [0.25, 0.3) is 0 Å². The molecule has 23 heavy (non-hydrogen) atoms. The van der Waals surface area contributed by atoms with Gasteiger partial charge in [0, 0.05) is 13.5 Å². The Balaban J connectivity index is 1.93. The van der Waals surface area contributed by atoms with Crippen LogP contribution < -0.4 is 5.32 Å². The summed E-state index contributed by atoms with van der Waals surface area (Å²) in [5, 5.41) is 14.2. The minimum atomic E-state index is -0.729. The van der Waals surface area contributed by atoms with Gasteiger partial charge in [-0.1, -0.05) is 42.1 Å². The molecule has 1 aromatic carbocycles. The molecule has 0 aliphatic carbocycles. The second-order valence-corrected chi connectivity index (χ2v) is 5.65. The molecule has 2 rings (SSSR count). The van der Waals surface area contributed by atoms with E-state index in [4.69, 9.17) is 4.74 Å². The number of ether oxygens (including phenoxy) is 1. The van der Waals surface area contributed by atoms with Gasteiger partial charge in [0.1, 0.15) is 6.04 Å². The Bertz CT molecular complexity index is 661. The van der Waals surface area contributed by atoms with Crippen LogP contribution in [0.25, 0.3) is 0 Å². The number of tetrazole rings is 1. The lowest BCUT2D eigenvalue weighted by atomic mass is 10.1. The summed E-state index contributed by atoms with van der Waals surface area (Å²) >= 11 is 1.19. The van der Waals surface area contributed by atoms with E-state index in [2.05, 4.69) is 20.8 Å². The van der Waals surface area contributed by atoms with Crippen LogP contribution in [-0.4, -0.2) is 51.0 Å². The minimum absolute atomic E-state index is 0.108. The van der Waals surface area contributed by atoms with Gasteiger partial charge in [-0.2, -0.15) is 0 Å². The third-order valence-electron chi connectivity index (χ3n) is 3.02. The first kappa shape index (κ1) is 16.9.